The van der Waals surface area contributed by atoms with E-state index in [4.69, 9.17) is 14.4 Å². The SMILES string of the molecule is Cc1nc(COc2nn3c(-c4ccccc4)nnc3cc2-c2ccccc2)no1. The number of fused-ring (bicyclic) bond motifs is 1. The third-order valence-corrected chi connectivity index (χ3v) is 4.38. The van der Waals surface area contributed by atoms with Crippen molar-refractivity contribution in [2.75, 3.05) is 0 Å². The molecule has 0 aliphatic rings. The highest BCUT2D eigenvalue weighted by molar-refractivity contribution is 5.72. The number of benzene rings is 2. The topological polar surface area (TPSA) is 91.2 Å². The van der Waals surface area contributed by atoms with Crippen LogP contribution in [0.5, 0.6) is 5.88 Å². The monoisotopic (exact) mass is 384 g/mol. The lowest BCUT2D eigenvalue weighted by molar-refractivity contribution is 0.273. The summed E-state index contributed by atoms with van der Waals surface area (Å²) in [6.07, 6.45) is 0. The van der Waals surface area contributed by atoms with Crippen LogP contribution in [0.4, 0.5) is 0 Å². The lowest BCUT2D eigenvalue weighted by Gasteiger charge is -2.10. The Morgan fingerprint density at radius 2 is 1.66 bits per heavy atom. The van der Waals surface area contributed by atoms with Gasteiger partial charge in [0, 0.05) is 18.1 Å². The molecule has 5 aromatic rings. The highest BCUT2D eigenvalue weighted by atomic mass is 16.5. The molecule has 0 atom stereocenters. The molecule has 0 spiro atoms. The van der Waals surface area contributed by atoms with Crippen LogP contribution in [0.2, 0.25) is 0 Å². The van der Waals surface area contributed by atoms with Gasteiger partial charge in [-0.3, -0.25) is 0 Å². The number of aromatic nitrogens is 6. The molecule has 0 N–H and O–H groups in total. The largest absolute Gasteiger partial charge is 0.468 e. The molecule has 0 unspecified atom stereocenters. The summed E-state index contributed by atoms with van der Waals surface area (Å²) >= 11 is 0. The molecular weight excluding hydrogens is 368 g/mol. The standard InChI is InChI=1S/C21H16N6O2/c1-14-22-18(26-29-14)13-28-21-17(15-8-4-2-5-9-15)12-19-23-24-20(27(19)25-21)16-10-6-3-7-11-16/h2-12H,13H2,1H3. The fourth-order valence-corrected chi connectivity index (χ4v) is 3.05. The fourth-order valence-electron chi connectivity index (χ4n) is 3.05. The van der Waals surface area contributed by atoms with Gasteiger partial charge >= 0.3 is 0 Å². The summed E-state index contributed by atoms with van der Waals surface area (Å²) < 4.78 is 12.7. The summed E-state index contributed by atoms with van der Waals surface area (Å²) in [5.74, 6) is 2.01. The summed E-state index contributed by atoms with van der Waals surface area (Å²) in [5, 5.41) is 17.2. The van der Waals surface area contributed by atoms with E-state index in [2.05, 4.69) is 20.3 Å². The summed E-state index contributed by atoms with van der Waals surface area (Å²) in [6, 6.07) is 21.6. The zero-order chi connectivity index (χ0) is 19.6. The van der Waals surface area contributed by atoms with Crippen LogP contribution in [-0.4, -0.2) is 30.0 Å². The van der Waals surface area contributed by atoms with E-state index in [1.165, 1.54) is 0 Å². The van der Waals surface area contributed by atoms with Crippen LogP contribution < -0.4 is 4.74 Å². The zero-order valence-corrected chi connectivity index (χ0v) is 15.6. The molecule has 8 heteroatoms. The summed E-state index contributed by atoms with van der Waals surface area (Å²) in [5.41, 5.74) is 3.32. The average molecular weight is 384 g/mol. The highest BCUT2D eigenvalue weighted by Gasteiger charge is 2.17. The molecule has 8 nitrogen and oxygen atoms in total. The van der Waals surface area contributed by atoms with E-state index in [9.17, 15) is 0 Å². The molecule has 0 aliphatic heterocycles. The third kappa shape index (κ3) is 3.31. The van der Waals surface area contributed by atoms with E-state index >= 15 is 0 Å². The van der Waals surface area contributed by atoms with Gasteiger partial charge in [-0.15, -0.1) is 15.3 Å². The Labute approximate surface area is 165 Å². The number of ether oxygens (including phenoxy) is 1. The third-order valence-electron chi connectivity index (χ3n) is 4.38. The van der Waals surface area contributed by atoms with Crippen molar-refractivity contribution >= 4 is 5.65 Å². The fraction of sp³-hybridized carbons (Fsp3) is 0.0952. The Bertz CT molecular complexity index is 1260. The first-order chi connectivity index (χ1) is 14.3. The summed E-state index contributed by atoms with van der Waals surface area (Å²) in [4.78, 5) is 4.18. The molecular formula is C21H16N6O2. The van der Waals surface area contributed by atoms with E-state index in [0.29, 0.717) is 29.1 Å². The van der Waals surface area contributed by atoms with E-state index < -0.39 is 0 Å². The minimum atomic E-state index is 0.137. The van der Waals surface area contributed by atoms with Crippen molar-refractivity contribution in [2.45, 2.75) is 13.5 Å². The van der Waals surface area contributed by atoms with Crippen LogP contribution in [0, 0.1) is 6.92 Å². The quantitative estimate of drug-likeness (QED) is 0.456. The van der Waals surface area contributed by atoms with Gasteiger partial charge in [-0.25, -0.2) is 0 Å². The van der Waals surface area contributed by atoms with Gasteiger partial charge in [-0.05, 0) is 11.6 Å². The van der Waals surface area contributed by atoms with Gasteiger partial charge in [0.2, 0.25) is 17.6 Å². The van der Waals surface area contributed by atoms with Crippen molar-refractivity contribution in [1.82, 2.24) is 30.0 Å². The lowest BCUT2D eigenvalue weighted by atomic mass is 10.1. The molecule has 3 heterocycles. The molecule has 0 amide bonds. The van der Waals surface area contributed by atoms with Crippen LogP contribution in [0.25, 0.3) is 28.2 Å². The number of hydrogen-bond donors (Lipinski definition) is 0. The Balaban J connectivity index is 1.62. The first-order valence-electron chi connectivity index (χ1n) is 9.07. The van der Waals surface area contributed by atoms with E-state index in [1.54, 1.807) is 11.4 Å². The highest BCUT2D eigenvalue weighted by Crippen LogP contribution is 2.30. The van der Waals surface area contributed by atoms with Gasteiger partial charge in [-0.2, -0.15) is 9.50 Å². The molecule has 0 saturated carbocycles. The van der Waals surface area contributed by atoms with Gasteiger partial charge in [0.05, 0.1) is 0 Å². The second kappa shape index (κ2) is 7.16. The Hall–Kier alpha value is -4.07. The number of hydrogen-bond acceptors (Lipinski definition) is 7. The van der Waals surface area contributed by atoms with Crippen LogP contribution >= 0.6 is 0 Å². The van der Waals surface area contributed by atoms with Crippen molar-refractivity contribution in [3.63, 3.8) is 0 Å². The minimum Gasteiger partial charge on any atom is -0.468 e. The predicted molar refractivity (Wildman–Crippen MR) is 105 cm³/mol. The van der Waals surface area contributed by atoms with E-state index in [0.717, 1.165) is 16.7 Å². The summed E-state index contributed by atoms with van der Waals surface area (Å²) in [7, 11) is 0. The van der Waals surface area contributed by atoms with Gasteiger partial charge in [-0.1, -0.05) is 65.8 Å². The molecule has 0 radical (unpaired) electrons. The maximum atomic E-state index is 5.99. The Kier molecular flexibility index (Phi) is 4.21. The van der Waals surface area contributed by atoms with E-state index in [-0.39, 0.29) is 6.61 Å². The minimum absolute atomic E-state index is 0.137. The van der Waals surface area contributed by atoms with Gasteiger partial charge in [0.1, 0.15) is 0 Å². The van der Waals surface area contributed by atoms with Crippen molar-refractivity contribution < 1.29 is 9.26 Å². The molecule has 5 rings (SSSR count). The smallest absolute Gasteiger partial charge is 0.240 e. The Morgan fingerprint density at radius 3 is 2.34 bits per heavy atom. The number of nitrogens with zero attached hydrogens (tertiary/aromatic N) is 6. The first kappa shape index (κ1) is 17.1. The average Bonchev–Trinajstić information content (AvgIpc) is 3.38. The maximum absolute atomic E-state index is 5.99. The van der Waals surface area contributed by atoms with Crippen molar-refractivity contribution in [2.24, 2.45) is 0 Å². The van der Waals surface area contributed by atoms with Gasteiger partial charge in [0.25, 0.3) is 0 Å². The molecule has 0 fully saturated rings. The van der Waals surface area contributed by atoms with Crippen LogP contribution in [0.1, 0.15) is 11.7 Å². The van der Waals surface area contributed by atoms with Gasteiger partial charge in [0.15, 0.2) is 18.1 Å². The van der Waals surface area contributed by atoms with Gasteiger partial charge < -0.3 is 9.26 Å². The molecule has 0 aliphatic carbocycles. The zero-order valence-electron chi connectivity index (χ0n) is 15.6. The van der Waals surface area contributed by atoms with Crippen molar-refractivity contribution in [3.8, 4) is 28.4 Å². The maximum Gasteiger partial charge on any atom is 0.240 e. The Morgan fingerprint density at radius 1 is 0.931 bits per heavy atom. The molecule has 29 heavy (non-hydrogen) atoms. The van der Waals surface area contributed by atoms with Crippen LogP contribution in [0.3, 0.4) is 0 Å². The second-order valence-electron chi connectivity index (χ2n) is 6.41. The molecule has 142 valence electrons. The molecule has 0 saturated heterocycles. The lowest BCUT2D eigenvalue weighted by Crippen LogP contribution is -2.05. The first-order valence-corrected chi connectivity index (χ1v) is 9.07. The predicted octanol–water partition coefficient (Wildman–Crippen LogP) is 3.73. The molecule has 2 aromatic carbocycles. The van der Waals surface area contributed by atoms with E-state index in [1.807, 2.05) is 66.7 Å². The normalized spacial score (nSPS) is 11.1. The van der Waals surface area contributed by atoms with Crippen molar-refractivity contribution in [3.05, 3.63) is 78.4 Å². The second-order valence-corrected chi connectivity index (χ2v) is 6.41. The summed E-state index contributed by atoms with van der Waals surface area (Å²) in [6.45, 7) is 1.87. The number of rotatable bonds is 5. The van der Waals surface area contributed by atoms with Crippen LogP contribution in [0.15, 0.2) is 71.3 Å². The van der Waals surface area contributed by atoms with Crippen LogP contribution in [-0.2, 0) is 6.61 Å². The molecule has 3 aromatic heterocycles. The number of aryl methyl sites for hydroxylation is 1. The molecule has 0 bridgehead atoms. The van der Waals surface area contributed by atoms with Crippen molar-refractivity contribution in [1.29, 1.82) is 0 Å².